The monoisotopic (exact) mass is 184 g/mol. The van der Waals surface area contributed by atoms with Crippen LogP contribution in [0.3, 0.4) is 0 Å². The first-order chi connectivity index (χ1) is 6.95. The first-order valence-electron chi connectivity index (χ1n) is 4.42. The van der Waals surface area contributed by atoms with Crippen LogP contribution in [-0.4, -0.2) is 0 Å². The second kappa shape index (κ2) is 2.73. The van der Waals surface area contributed by atoms with Gasteiger partial charge in [0.15, 0.2) is 5.75 Å². The zero-order chi connectivity index (χ0) is 9.38. The molecular formula is C11H8N2O. The Bertz CT molecular complexity index is 555. The number of hydrogen-bond acceptors (Lipinski definition) is 3. The van der Waals surface area contributed by atoms with E-state index in [0.29, 0.717) is 0 Å². The van der Waals surface area contributed by atoms with E-state index < -0.39 is 0 Å². The maximum absolute atomic E-state index is 5.41. The highest BCUT2D eigenvalue weighted by atomic mass is 16.6. The van der Waals surface area contributed by atoms with E-state index in [0.717, 1.165) is 21.9 Å². The summed E-state index contributed by atoms with van der Waals surface area (Å²) in [4.78, 5) is 9.63. The van der Waals surface area contributed by atoms with Gasteiger partial charge in [0, 0.05) is 23.2 Å². The van der Waals surface area contributed by atoms with Gasteiger partial charge in [0.05, 0.1) is 5.36 Å². The second-order valence-corrected chi connectivity index (χ2v) is 3.11. The molecule has 0 aliphatic carbocycles. The summed E-state index contributed by atoms with van der Waals surface area (Å²) in [6.07, 6.45) is 9.40. The molecule has 3 rings (SSSR count). The highest BCUT2D eigenvalue weighted by Crippen LogP contribution is 2.13. The predicted molar refractivity (Wildman–Crippen MR) is 53.6 cm³/mol. The third kappa shape index (κ3) is 0.956. The zero-order valence-corrected chi connectivity index (χ0v) is 7.40. The summed E-state index contributed by atoms with van der Waals surface area (Å²) in [5.41, 5.74) is 3.78. The number of benzene rings is 1. The largest absolute Gasteiger partial charge is 0.381 e. The fourth-order valence-electron chi connectivity index (χ4n) is 1.60. The van der Waals surface area contributed by atoms with Gasteiger partial charge in [-0.2, -0.15) is 0 Å². The number of hydrogen-bond donors (Lipinski definition) is 1. The van der Waals surface area contributed by atoms with E-state index in [1.807, 2.05) is 30.4 Å². The first-order valence-corrected chi connectivity index (χ1v) is 4.42. The molecule has 0 spiro atoms. The average molecular weight is 184 g/mol. The smallest absolute Gasteiger partial charge is 0.171 e. The molecule has 2 aliphatic heterocycles. The Morgan fingerprint density at radius 3 is 3.29 bits per heavy atom. The Kier molecular flexibility index (Phi) is 1.44. The Labute approximate surface area is 80.7 Å². The second-order valence-electron chi connectivity index (χ2n) is 3.11. The number of nitrogens with zero attached hydrogens (tertiary/aromatic N) is 1. The summed E-state index contributed by atoms with van der Waals surface area (Å²) in [5, 5.41) is 2.02. The van der Waals surface area contributed by atoms with Crippen LogP contribution in [0.25, 0.3) is 12.2 Å². The Hall–Kier alpha value is -2.03. The Morgan fingerprint density at radius 1 is 1.29 bits per heavy atom. The molecule has 0 atom stereocenters. The number of fused-ring (bicyclic) bond motifs is 3. The Morgan fingerprint density at radius 2 is 2.29 bits per heavy atom. The van der Waals surface area contributed by atoms with Crippen molar-refractivity contribution in [3.63, 3.8) is 0 Å². The molecule has 0 amide bonds. The van der Waals surface area contributed by atoms with E-state index in [2.05, 4.69) is 10.5 Å². The number of hydroxylamine groups is 1. The van der Waals surface area contributed by atoms with Crippen molar-refractivity contribution in [2.45, 2.75) is 0 Å². The van der Waals surface area contributed by atoms with Gasteiger partial charge in [-0.25, -0.2) is 5.48 Å². The van der Waals surface area contributed by atoms with Crippen LogP contribution < -0.4 is 20.9 Å². The van der Waals surface area contributed by atoms with Gasteiger partial charge in [-0.15, -0.1) is 0 Å². The summed E-state index contributed by atoms with van der Waals surface area (Å²) in [7, 11) is 0. The van der Waals surface area contributed by atoms with Crippen LogP contribution >= 0.6 is 0 Å². The Balaban J connectivity index is 2.39. The molecule has 1 N–H and O–H groups in total. The highest BCUT2D eigenvalue weighted by molar-refractivity contribution is 5.61. The SMILES string of the molecule is C1=CNOc2c3c(ccc2=C1)=NC=C3. The minimum absolute atomic E-state index is 0.838. The third-order valence-corrected chi connectivity index (χ3v) is 2.26. The lowest BCUT2D eigenvalue weighted by atomic mass is 10.1. The third-order valence-electron chi connectivity index (χ3n) is 2.26. The van der Waals surface area contributed by atoms with Gasteiger partial charge in [0.1, 0.15) is 0 Å². The molecule has 0 unspecified atom stereocenters. The summed E-state index contributed by atoms with van der Waals surface area (Å²) >= 11 is 0. The molecule has 68 valence electrons. The van der Waals surface area contributed by atoms with Crippen molar-refractivity contribution in [2.24, 2.45) is 4.99 Å². The minimum Gasteiger partial charge on any atom is -0.381 e. The standard InChI is InChI=1S/C11H8N2O/c1-2-8-3-4-10-9(5-7-12-10)11(8)14-13-6-1/h1-7,13H. The first kappa shape index (κ1) is 7.38. The molecule has 0 bridgehead atoms. The predicted octanol–water partition coefficient (Wildman–Crippen LogP) is 0.482. The fraction of sp³-hybridized carbons (Fsp3) is 0. The van der Waals surface area contributed by atoms with Crippen LogP contribution in [0, 0.1) is 0 Å². The van der Waals surface area contributed by atoms with E-state index in [1.165, 1.54) is 0 Å². The highest BCUT2D eigenvalue weighted by Gasteiger charge is 2.09. The van der Waals surface area contributed by atoms with E-state index in [4.69, 9.17) is 4.84 Å². The summed E-state index contributed by atoms with van der Waals surface area (Å²) in [5.74, 6) is 0.838. The van der Waals surface area contributed by atoms with Gasteiger partial charge in [-0.1, -0.05) is 0 Å². The van der Waals surface area contributed by atoms with Crippen molar-refractivity contribution in [1.29, 1.82) is 0 Å². The molecule has 0 radical (unpaired) electrons. The van der Waals surface area contributed by atoms with Crippen molar-refractivity contribution >= 4 is 12.2 Å². The van der Waals surface area contributed by atoms with Crippen LogP contribution in [0.2, 0.25) is 0 Å². The molecule has 14 heavy (non-hydrogen) atoms. The van der Waals surface area contributed by atoms with Crippen LogP contribution in [0.4, 0.5) is 0 Å². The summed E-state index contributed by atoms with van der Waals surface area (Å²) in [6, 6.07) is 4.00. The normalized spacial score (nSPS) is 15.4. The van der Waals surface area contributed by atoms with E-state index in [-0.39, 0.29) is 0 Å². The molecule has 1 aromatic rings. The minimum atomic E-state index is 0.838. The average Bonchev–Trinajstić information content (AvgIpc) is 2.55. The van der Waals surface area contributed by atoms with E-state index in [1.54, 1.807) is 12.4 Å². The molecule has 0 fully saturated rings. The fourth-order valence-corrected chi connectivity index (χ4v) is 1.60. The lowest BCUT2D eigenvalue weighted by Gasteiger charge is -2.05. The topological polar surface area (TPSA) is 33.6 Å². The molecule has 2 heterocycles. The lowest BCUT2D eigenvalue weighted by Crippen LogP contribution is -2.20. The van der Waals surface area contributed by atoms with Crippen LogP contribution in [0.15, 0.2) is 35.6 Å². The van der Waals surface area contributed by atoms with Gasteiger partial charge in [0.2, 0.25) is 0 Å². The maximum Gasteiger partial charge on any atom is 0.171 e. The van der Waals surface area contributed by atoms with Crippen molar-refractivity contribution < 1.29 is 4.84 Å². The van der Waals surface area contributed by atoms with E-state index in [9.17, 15) is 0 Å². The molecule has 3 heteroatoms. The molecule has 2 aliphatic rings. The number of allylic oxidation sites excluding steroid dienone is 1. The molecule has 1 aromatic carbocycles. The molecular weight excluding hydrogens is 176 g/mol. The summed E-state index contributed by atoms with van der Waals surface area (Å²) in [6.45, 7) is 0. The number of nitrogens with one attached hydrogen (secondary N) is 1. The van der Waals surface area contributed by atoms with Crippen molar-refractivity contribution in [1.82, 2.24) is 5.48 Å². The lowest BCUT2D eigenvalue weighted by molar-refractivity contribution is 0.241. The molecule has 0 saturated heterocycles. The van der Waals surface area contributed by atoms with Crippen molar-refractivity contribution in [3.8, 4) is 5.75 Å². The zero-order valence-electron chi connectivity index (χ0n) is 7.40. The molecule has 0 saturated carbocycles. The van der Waals surface area contributed by atoms with Gasteiger partial charge in [-0.05, 0) is 30.4 Å². The van der Waals surface area contributed by atoms with Gasteiger partial charge in [-0.3, -0.25) is 4.99 Å². The number of rotatable bonds is 0. The van der Waals surface area contributed by atoms with Gasteiger partial charge in [0.25, 0.3) is 0 Å². The quantitative estimate of drug-likeness (QED) is 0.636. The van der Waals surface area contributed by atoms with Crippen molar-refractivity contribution in [3.05, 3.63) is 46.7 Å². The maximum atomic E-state index is 5.41. The van der Waals surface area contributed by atoms with Gasteiger partial charge < -0.3 is 4.84 Å². The van der Waals surface area contributed by atoms with Gasteiger partial charge >= 0.3 is 0 Å². The van der Waals surface area contributed by atoms with Crippen molar-refractivity contribution in [2.75, 3.05) is 0 Å². The molecule has 3 nitrogen and oxygen atoms in total. The van der Waals surface area contributed by atoms with E-state index >= 15 is 0 Å². The van der Waals surface area contributed by atoms with Crippen LogP contribution in [-0.2, 0) is 0 Å². The molecule has 0 aromatic heterocycles. The van der Waals surface area contributed by atoms with Crippen LogP contribution in [0.5, 0.6) is 5.75 Å². The van der Waals surface area contributed by atoms with Crippen LogP contribution in [0.1, 0.15) is 5.56 Å². The summed E-state index contributed by atoms with van der Waals surface area (Å²) < 4.78 is 0.